The molecule has 3 rings (SSSR count). The molecule has 0 saturated carbocycles. The van der Waals surface area contributed by atoms with Gasteiger partial charge in [-0.25, -0.2) is 0 Å². The number of hydrogen-bond donors (Lipinski definition) is 1. The Morgan fingerprint density at radius 2 is 1.52 bits per heavy atom. The van der Waals surface area contributed by atoms with Crippen LogP contribution in [0.1, 0.15) is 39.2 Å². The highest BCUT2D eigenvalue weighted by Crippen LogP contribution is 2.22. The minimum absolute atomic E-state index is 0.242. The van der Waals surface area contributed by atoms with Gasteiger partial charge in [-0.3, -0.25) is 24.1 Å². The van der Waals surface area contributed by atoms with Gasteiger partial charge in [0.2, 0.25) is 0 Å². The summed E-state index contributed by atoms with van der Waals surface area (Å²) in [6.07, 6.45) is 0. The maximum Gasteiger partial charge on any atom is 0.326 e. The average Bonchev–Trinajstić information content (AvgIpc) is 2.92. The van der Waals surface area contributed by atoms with E-state index >= 15 is 0 Å². The fourth-order valence-corrected chi connectivity index (χ4v) is 2.81. The molecule has 7 nitrogen and oxygen atoms in total. The van der Waals surface area contributed by atoms with Crippen molar-refractivity contribution in [2.45, 2.75) is 13.0 Å². The molecule has 0 aliphatic carbocycles. The Balaban J connectivity index is 1.50. The van der Waals surface area contributed by atoms with E-state index in [1.54, 1.807) is 12.1 Å². The molecule has 2 aromatic rings. The van der Waals surface area contributed by atoms with E-state index in [9.17, 15) is 19.2 Å². The molecule has 138 valence electrons. The van der Waals surface area contributed by atoms with Crippen molar-refractivity contribution in [3.8, 4) is 0 Å². The molecule has 27 heavy (non-hydrogen) atoms. The van der Waals surface area contributed by atoms with Crippen LogP contribution in [0, 0.1) is 0 Å². The maximum absolute atomic E-state index is 12.2. The molecule has 0 saturated heterocycles. The first-order valence-corrected chi connectivity index (χ1v) is 8.42. The van der Waals surface area contributed by atoms with Gasteiger partial charge >= 0.3 is 5.97 Å². The molecule has 1 aliphatic heterocycles. The molecule has 7 heteroatoms. The molecule has 0 bridgehead atoms. The summed E-state index contributed by atoms with van der Waals surface area (Å²) >= 11 is 0. The number of fused-ring (bicyclic) bond motifs is 1. The normalized spacial score (nSPS) is 13.9. The summed E-state index contributed by atoms with van der Waals surface area (Å²) in [5.74, 6) is -2.39. The van der Waals surface area contributed by atoms with E-state index in [2.05, 4.69) is 5.32 Å². The second-order valence-corrected chi connectivity index (χ2v) is 6.10. The summed E-state index contributed by atoms with van der Waals surface area (Å²) in [6.45, 7) is 0.793. The highest BCUT2D eigenvalue weighted by Gasteiger charge is 2.36. The number of ether oxygens (including phenoxy) is 1. The van der Waals surface area contributed by atoms with Crippen LogP contribution in [-0.4, -0.2) is 41.7 Å². The smallest absolute Gasteiger partial charge is 0.326 e. The van der Waals surface area contributed by atoms with Gasteiger partial charge in [0.05, 0.1) is 17.2 Å². The van der Waals surface area contributed by atoms with Crippen LogP contribution < -0.4 is 5.32 Å². The zero-order chi connectivity index (χ0) is 19.4. The molecule has 0 radical (unpaired) electrons. The van der Waals surface area contributed by atoms with Gasteiger partial charge < -0.3 is 10.1 Å². The fraction of sp³-hybridized carbons (Fsp3) is 0.200. The Bertz CT molecular complexity index is 859. The van der Waals surface area contributed by atoms with Crippen molar-refractivity contribution >= 4 is 23.7 Å². The molecule has 0 spiro atoms. The molecule has 1 heterocycles. The summed E-state index contributed by atoms with van der Waals surface area (Å²) in [5, 5.41) is 2.71. The first kappa shape index (κ1) is 18.3. The van der Waals surface area contributed by atoms with Crippen molar-refractivity contribution in [2.24, 2.45) is 0 Å². The van der Waals surface area contributed by atoms with Crippen molar-refractivity contribution in [3.05, 3.63) is 71.3 Å². The lowest BCUT2D eigenvalue weighted by Crippen LogP contribution is -2.37. The molecule has 1 atom stereocenters. The SMILES string of the molecule is C[C@H](NC(=O)COC(=O)CN1C(=O)c2ccccc2C1=O)c1ccccc1. The van der Waals surface area contributed by atoms with Crippen molar-refractivity contribution in [2.75, 3.05) is 13.2 Å². The van der Waals surface area contributed by atoms with Crippen molar-refractivity contribution in [1.82, 2.24) is 10.2 Å². The van der Waals surface area contributed by atoms with Crippen molar-refractivity contribution in [3.63, 3.8) is 0 Å². The lowest BCUT2D eigenvalue weighted by atomic mass is 10.1. The molecular formula is C20H18N2O5. The van der Waals surface area contributed by atoms with Crippen molar-refractivity contribution in [1.29, 1.82) is 0 Å². The number of carbonyl (C=O) groups is 4. The van der Waals surface area contributed by atoms with Crippen LogP contribution >= 0.6 is 0 Å². The van der Waals surface area contributed by atoms with Crippen molar-refractivity contribution < 1.29 is 23.9 Å². The number of nitrogens with zero attached hydrogens (tertiary/aromatic N) is 1. The predicted molar refractivity (Wildman–Crippen MR) is 95.8 cm³/mol. The monoisotopic (exact) mass is 366 g/mol. The third-order valence-electron chi connectivity index (χ3n) is 4.21. The minimum Gasteiger partial charge on any atom is -0.454 e. The summed E-state index contributed by atoms with van der Waals surface area (Å²) < 4.78 is 4.90. The predicted octanol–water partition coefficient (Wildman–Crippen LogP) is 1.70. The lowest BCUT2D eigenvalue weighted by molar-refractivity contribution is -0.148. The van der Waals surface area contributed by atoms with E-state index in [-0.39, 0.29) is 17.2 Å². The quantitative estimate of drug-likeness (QED) is 0.620. The van der Waals surface area contributed by atoms with Crippen LogP contribution in [-0.2, 0) is 14.3 Å². The lowest BCUT2D eigenvalue weighted by Gasteiger charge is -2.15. The van der Waals surface area contributed by atoms with E-state index in [1.165, 1.54) is 12.1 Å². The van der Waals surface area contributed by atoms with Crippen LogP contribution in [0.15, 0.2) is 54.6 Å². The molecule has 3 amide bonds. The van der Waals surface area contributed by atoms with Gasteiger partial charge in [-0.05, 0) is 24.6 Å². The Hall–Kier alpha value is -3.48. The Labute approximate surface area is 155 Å². The summed E-state index contributed by atoms with van der Waals surface area (Å²) in [4.78, 5) is 49.1. The molecule has 2 aromatic carbocycles. The standard InChI is InChI=1S/C20H18N2O5/c1-13(14-7-3-2-4-8-14)21-17(23)12-27-18(24)11-22-19(25)15-9-5-6-10-16(15)20(22)26/h2-10,13H,11-12H2,1H3,(H,21,23)/t13-/m0/s1. The van der Waals surface area contributed by atoms with Gasteiger partial charge in [0.15, 0.2) is 6.61 Å². The third-order valence-corrected chi connectivity index (χ3v) is 4.21. The first-order valence-electron chi connectivity index (χ1n) is 8.42. The second-order valence-electron chi connectivity index (χ2n) is 6.10. The second kappa shape index (κ2) is 7.82. The number of carbonyl (C=O) groups excluding carboxylic acids is 4. The van der Waals surface area contributed by atoms with E-state index < -0.39 is 36.8 Å². The molecular weight excluding hydrogens is 348 g/mol. The Kier molecular flexibility index (Phi) is 5.30. The average molecular weight is 366 g/mol. The number of amides is 3. The zero-order valence-corrected chi connectivity index (χ0v) is 14.7. The summed E-state index contributed by atoms with van der Waals surface area (Å²) in [5.41, 5.74) is 1.43. The Morgan fingerprint density at radius 1 is 0.963 bits per heavy atom. The van der Waals surface area contributed by atoms with E-state index in [0.29, 0.717) is 0 Å². The molecule has 1 N–H and O–H groups in total. The van der Waals surface area contributed by atoms with Crippen LogP contribution in [0.3, 0.4) is 0 Å². The van der Waals surface area contributed by atoms with Gasteiger partial charge in [0, 0.05) is 0 Å². The first-order chi connectivity index (χ1) is 13.0. The number of esters is 1. The van der Waals surface area contributed by atoms with Gasteiger partial charge in [0.25, 0.3) is 17.7 Å². The maximum atomic E-state index is 12.2. The zero-order valence-electron chi connectivity index (χ0n) is 14.7. The molecule has 0 aromatic heterocycles. The summed E-state index contributed by atoms with van der Waals surface area (Å²) in [6, 6.07) is 15.4. The van der Waals surface area contributed by atoms with Crippen LogP contribution in [0.5, 0.6) is 0 Å². The minimum atomic E-state index is -0.827. The summed E-state index contributed by atoms with van der Waals surface area (Å²) in [7, 11) is 0. The Morgan fingerprint density at radius 3 is 2.11 bits per heavy atom. The molecule has 0 unspecified atom stereocenters. The number of nitrogens with one attached hydrogen (secondary N) is 1. The fourth-order valence-electron chi connectivity index (χ4n) is 2.81. The highest BCUT2D eigenvalue weighted by atomic mass is 16.5. The molecule has 1 aliphatic rings. The van der Waals surface area contributed by atoms with Gasteiger partial charge in [-0.2, -0.15) is 0 Å². The van der Waals surface area contributed by atoms with E-state index in [1.807, 2.05) is 37.3 Å². The van der Waals surface area contributed by atoms with E-state index in [4.69, 9.17) is 4.74 Å². The molecule has 0 fully saturated rings. The number of benzene rings is 2. The van der Waals surface area contributed by atoms with Gasteiger partial charge in [-0.15, -0.1) is 0 Å². The highest BCUT2D eigenvalue weighted by molar-refractivity contribution is 6.22. The van der Waals surface area contributed by atoms with Gasteiger partial charge in [-0.1, -0.05) is 42.5 Å². The number of hydrogen-bond acceptors (Lipinski definition) is 5. The number of rotatable bonds is 6. The third kappa shape index (κ3) is 4.03. The van der Waals surface area contributed by atoms with Crippen LogP contribution in [0.4, 0.5) is 0 Å². The topological polar surface area (TPSA) is 92.8 Å². The van der Waals surface area contributed by atoms with Crippen LogP contribution in [0.25, 0.3) is 0 Å². The van der Waals surface area contributed by atoms with Crippen LogP contribution in [0.2, 0.25) is 0 Å². The van der Waals surface area contributed by atoms with Gasteiger partial charge in [0.1, 0.15) is 6.54 Å². The number of imide groups is 1. The largest absolute Gasteiger partial charge is 0.454 e. The van der Waals surface area contributed by atoms with E-state index in [0.717, 1.165) is 10.5 Å².